The monoisotopic (exact) mass is 632 g/mol. The van der Waals surface area contributed by atoms with Gasteiger partial charge >= 0.3 is 0 Å². The van der Waals surface area contributed by atoms with Gasteiger partial charge in [-0.05, 0) is 60.5 Å². The summed E-state index contributed by atoms with van der Waals surface area (Å²) in [5.74, 6) is -0.371. The fraction of sp³-hybridized carbons (Fsp3) is 0.0909. The maximum absolute atomic E-state index is 14.6. The molecular weight excluding hydrogens is 607 g/mol. The molecular formula is C33H25FN8O3S. The van der Waals surface area contributed by atoms with E-state index in [1.807, 2.05) is 12.1 Å². The summed E-state index contributed by atoms with van der Waals surface area (Å²) < 4.78 is 38.0. The number of carbonyl (C=O) groups is 1. The number of pyridine rings is 3. The molecule has 13 heteroatoms. The first-order valence-corrected chi connectivity index (χ1v) is 16.2. The second-order valence-corrected chi connectivity index (χ2v) is 13.1. The van der Waals surface area contributed by atoms with Gasteiger partial charge in [0.2, 0.25) is 0 Å². The van der Waals surface area contributed by atoms with E-state index in [0.29, 0.717) is 67.4 Å². The van der Waals surface area contributed by atoms with Crippen LogP contribution in [0.4, 0.5) is 10.1 Å². The van der Waals surface area contributed by atoms with Crippen molar-refractivity contribution in [3.05, 3.63) is 108 Å². The topological polar surface area (TPSA) is 159 Å². The van der Waals surface area contributed by atoms with Gasteiger partial charge in [0.1, 0.15) is 26.9 Å². The van der Waals surface area contributed by atoms with Crippen molar-refractivity contribution in [2.24, 2.45) is 0 Å². The van der Waals surface area contributed by atoms with Gasteiger partial charge in [-0.2, -0.15) is 5.10 Å². The molecule has 0 spiro atoms. The molecule has 0 saturated heterocycles. The van der Waals surface area contributed by atoms with Crippen molar-refractivity contribution in [2.75, 3.05) is 17.3 Å². The maximum Gasteiger partial charge on any atom is 0.255 e. The molecule has 0 atom stereocenters. The van der Waals surface area contributed by atoms with Crippen LogP contribution >= 0.6 is 0 Å². The number of sulfone groups is 1. The largest absolute Gasteiger partial charge is 0.336 e. The molecule has 0 radical (unpaired) electrons. The number of aryl methyl sites for hydroxylation is 1. The Morgan fingerprint density at radius 1 is 0.913 bits per heavy atom. The zero-order chi connectivity index (χ0) is 31.8. The fourth-order valence-electron chi connectivity index (χ4n) is 5.19. The normalized spacial score (nSPS) is 11.7. The summed E-state index contributed by atoms with van der Waals surface area (Å²) in [4.78, 5) is 34.1. The van der Waals surface area contributed by atoms with Gasteiger partial charge in [-0.25, -0.2) is 17.8 Å². The number of aromatic amines is 2. The lowest BCUT2D eigenvalue weighted by atomic mass is 10.0. The average molecular weight is 633 g/mol. The number of amides is 1. The Morgan fingerprint density at radius 2 is 1.76 bits per heavy atom. The second kappa shape index (κ2) is 11.6. The van der Waals surface area contributed by atoms with Crippen LogP contribution < -0.4 is 5.32 Å². The number of halogens is 1. The predicted molar refractivity (Wildman–Crippen MR) is 173 cm³/mol. The van der Waals surface area contributed by atoms with Gasteiger partial charge in [-0.3, -0.25) is 24.8 Å². The number of fused-ring (bicyclic) bond motifs is 2. The molecule has 7 aromatic rings. The van der Waals surface area contributed by atoms with E-state index >= 15 is 0 Å². The minimum Gasteiger partial charge on any atom is -0.336 e. The standard InChI is InChI=1S/C33H25FN8O3S/c1-46(44,45)10-8-19-11-21(13-23(34)12-19)29-31-26(7-9-36-29)39-32(40-31)30-25-15-27(37-18-28(25)41-42-30)22-14-24(17-35-16-22)38-33(43)20-5-3-2-4-6-20/h2-7,9,11-18H,8,10H2,1H3,(H,38,43)(H,39,40)(H,41,42). The van der Waals surface area contributed by atoms with Gasteiger partial charge in [0, 0.05) is 40.7 Å². The van der Waals surface area contributed by atoms with E-state index in [-0.39, 0.29) is 18.1 Å². The van der Waals surface area contributed by atoms with Gasteiger partial charge < -0.3 is 10.3 Å². The lowest BCUT2D eigenvalue weighted by Gasteiger charge is -2.07. The summed E-state index contributed by atoms with van der Waals surface area (Å²) in [6.45, 7) is 0. The van der Waals surface area contributed by atoms with Crippen LogP contribution in [-0.2, 0) is 16.3 Å². The highest BCUT2D eigenvalue weighted by Gasteiger charge is 2.18. The van der Waals surface area contributed by atoms with E-state index in [4.69, 9.17) is 4.98 Å². The summed E-state index contributed by atoms with van der Waals surface area (Å²) in [6.07, 6.45) is 7.82. The summed E-state index contributed by atoms with van der Waals surface area (Å²) >= 11 is 0. The van der Waals surface area contributed by atoms with E-state index in [2.05, 4.69) is 35.5 Å². The first-order valence-electron chi connectivity index (χ1n) is 14.2. The lowest BCUT2D eigenvalue weighted by Crippen LogP contribution is -2.11. The van der Waals surface area contributed by atoms with Crippen molar-refractivity contribution in [1.29, 1.82) is 0 Å². The van der Waals surface area contributed by atoms with Crippen LogP contribution in [0.25, 0.3) is 56.0 Å². The van der Waals surface area contributed by atoms with Gasteiger partial charge in [0.25, 0.3) is 5.91 Å². The van der Waals surface area contributed by atoms with Crippen LogP contribution in [0.3, 0.4) is 0 Å². The predicted octanol–water partition coefficient (Wildman–Crippen LogP) is 5.60. The molecule has 0 aliphatic rings. The zero-order valence-corrected chi connectivity index (χ0v) is 25.1. The molecule has 0 bridgehead atoms. The molecule has 0 fully saturated rings. The van der Waals surface area contributed by atoms with E-state index in [1.165, 1.54) is 12.1 Å². The van der Waals surface area contributed by atoms with Crippen molar-refractivity contribution in [3.8, 4) is 34.0 Å². The number of hydrogen-bond acceptors (Lipinski definition) is 8. The Kier molecular flexibility index (Phi) is 7.29. The van der Waals surface area contributed by atoms with Crippen LogP contribution in [-0.4, -0.2) is 61.5 Å². The Labute approximate surface area is 261 Å². The number of anilines is 1. The number of nitrogens with zero attached hydrogens (tertiary/aromatic N) is 5. The minimum absolute atomic E-state index is 0.0914. The van der Waals surface area contributed by atoms with E-state index < -0.39 is 15.7 Å². The van der Waals surface area contributed by atoms with Crippen molar-refractivity contribution < 1.29 is 17.6 Å². The third-order valence-electron chi connectivity index (χ3n) is 7.39. The van der Waals surface area contributed by atoms with Crippen LogP contribution in [0.5, 0.6) is 0 Å². The maximum atomic E-state index is 14.6. The van der Waals surface area contributed by atoms with Crippen LogP contribution in [0.2, 0.25) is 0 Å². The Morgan fingerprint density at radius 3 is 2.59 bits per heavy atom. The molecule has 0 unspecified atom stereocenters. The van der Waals surface area contributed by atoms with Crippen LogP contribution in [0, 0.1) is 5.82 Å². The number of benzene rings is 2. The highest BCUT2D eigenvalue weighted by atomic mass is 32.2. The fourth-order valence-corrected chi connectivity index (χ4v) is 5.80. The van der Waals surface area contributed by atoms with Crippen molar-refractivity contribution in [3.63, 3.8) is 0 Å². The van der Waals surface area contributed by atoms with Gasteiger partial charge in [-0.15, -0.1) is 0 Å². The van der Waals surface area contributed by atoms with Crippen molar-refractivity contribution in [2.45, 2.75) is 6.42 Å². The smallest absolute Gasteiger partial charge is 0.255 e. The second-order valence-electron chi connectivity index (χ2n) is 10.8. The highest BCUT2D eigenvalue weighted by molar-refractivity contribution is 7.90. The number of nitrogens with one attached hydrogen (secondary N) is 3. The molecule has 46 heavy (non-hydrogen) atoms. The molecule has 5 aromatic heterocycles. The number of aromatic nitrogens is 7. The van der Waals surface area contributed by atoms with Crippen LogP contribution in [0.15, 0.2) is 91.5 Å². The number of hydrogen-bond donors (Lipinski definition) is 3. The Hall–Kier alpha value is -5.82. The molecule has 0 aliphatic carbocycles. The van der Waals surface area contributed by atoms with Crippen LogP contribution in [0.1, 0.15) is 15.9 Å². The summed E-state index contributed by atoms with van der Waals surface area (Å²) in [6, 6.07) is 18.7. The lowest BCUT2D eigenvalue weighted by molar-refractivity contribution is 0.102. The van der Waals surface area contributed by atoms with Gasteiger partial charge in [0.15, 0.2) is 5.82 Å². The number of imidazole rings is 1. The summed E-state index contributed by atoms with van der Waals surface area (Å²) in [5.41, 5.74) is 6.22. The van der Waals surface area contributed by atoms with E-state index in [0.717, 1.165) is 11.6 Å². The first-order chi connectivity index (χ1) is 22.2. The number of H-pyrrole nitrogens is 2. The van der Waals surface area contributed by atoms with E-state index in [9.17, 15) is 17.6 Å². The molecule has 7 rings (SSSR count). The molecule has 0 aliphatic heterocycles. The Bertz CT molecular complexity index is 2370. The Balaban J connectivity index is 1.22. The molecule has 228 valence electrons. The zero-order valence-electron chi connectivity index (χ0n) is 24.3. The molecule has 1 amide bonds. The highest BCUT2D eigenvalue weighted by Crippen LogP contribution is 2.32. The summed E-state index contributed by atoms with van der Waals surface area (Å²) in [5, 5.41) is 11.1. The third kappa shape index (κ3) is 5.95. The quantitative estimate of drug-likeness (QED) is 0.195. The first kappa shape index (κ1) is 28.9. The third-order valence-corrected chi connectivity index (χ3v) is 8.34. The van der Waals surface area contributed by atoms with Gasteiger partial charge in [-0.1, -0.05) is 18.2 Å². The molecule has 2 aromatic carbocycles. The SMILES string of the molecule is CS(=O)(=O)CCc1cc(F)cc(-c2nccc3[nH]c(-c4n[nH]c5cnc(-c6cncc(NC(=O)c7ccccc7)c6)cc45)nc23)c1. The number of carbonyl (C=O) groups excluding carboxylic acids is 1. The molecule has 5 heterocycles. The van der Waals surface area contributed by atoms with E-state index in [1.54, 1.807) is 67.3 Å². The van der Waals surface area contributed by atoms with Crippen molar-refractivity contribution >= 4 is 43.4 Å². The molecule has 0 saturated carbocycles. The minimum atomic E-state index is -3.22. The van der Waals surface area contributed by atoms with Gasteiger partial charge in [0.05, 0.1) is 46.3 Å². The number of rotatable bonds is 8. The molecule has 3 N–H and O–H groups in total. The summed E-state index contributed by atoms with van der Waals surface area (Å²) in [7, 11) is -3.22. The van der Waals surface area contributed by atoms with Crippen molar-refractivity contribution in [1.82, 2.24) is 35.1 Å². The average Bonchev–Trinajstić information content (AvgIpc) is 3.68. The molecule has 11 nitrogen and oxygen atoms in total.